The predicted octanol–water partition coefficient (Wildman–Crippen LogP) is 8.37. The molecule has 14 nitrogen and oxygen atoms in total. The number of nitrogens with one attached hydrogen (secondary N) is 3. The molecule has 4 aliphatic heterocycles. The smallest absolute Gasteiger partial charge is 0.407 e. The van der Waals surface area contributed by atoms with Gasteiger partial charge in [-0.15, -0.1) is 0 Å². The maximum atomic E-state index is 14.5. The summed E-state index contributed by atoms with van der Waals surface area (Å²) in [6.07, 6.45) is 4.65. The summed E-state index contributed by atoms with van der Waals surface area (Å²) in [7, 11) is 1.31. The third-order valence-corrected chi connectivity index (χ3v) is 14.9. The Labute approximate surface area is 389 Å². The lowest BCUT2D eigenvalue weighted by atomic mass is 9.94. The molecule has 3 N–H and O–H groups in total. The lowest BCUT2D eigenvalue weighted by Crippen LogP contribution is -2.54. The van der Waals surface area contributed by atoms with Crippen molar-refractivity contribution in [1.82, 2.24) is 35.3 Å². The van der Waals surface area contributed by atoms with Crippen LogP contribution in [0.15, 0.2) is 96.0 Å². The molecular formula is C53H56N8O6. The number of carbonyl (C=O) groups excluding carboxylic acids is 4. The van der Waals surface area contributed by atoms with Gasteiger partial charge in [0.05, 0.1) is 49.1 Å². The van der Waals surface area contributed by atoms with Crippen molar-refractivity contribution >= 4 is 67.9 Å². The van der Waals surface area contributed by atoms with Crippen LogP contribution in [0.5, 0.6) is 0 Å². The molecule has 3 saturated heterocycles. The fourth-order valence-electron chi connectivity index (χ4n) is 11.5. The number of imidazole rings is 1. The Morgan fingerprint density at radius 1 is 0.821 bits per heavy atom. The Morgan fingerprint density at radius 3 is 2.33 bits per heavy atom. The van der Waals surface area contributed by atoms with Crippen LogP contribution >= 0.6 is 0 Å². The van der Waals surface area contributed by atoms with Crippen LogP contribution < -0.4 is 10.6 Å². The number of H-pyrrole nitrogens is 1. The van der Waals surface area contributed by atoms with Crippen molar-refractivity contribution in [2.45, 2.75) is 82.6 Å². The van der Waals surface area contributed by atoms with Gasteiger partial charge in [-0.1, -0.05) is 80.6 Å². The van der Waals surface area contributed by atoms with Crippen LogP contribution in [0.25, 0.3) is 43.7 Å². The molecule has 2 bridgehead atoms. The highest BCUT2D eigenvalue weighted by atomic mass is 16.5. The lowest BCUT2D eigenvalue weighted by molar-refractivity contribution is -0.139. The Morgan fingerprint density at radius 2 is 1.57 bits per heavy atom. The molecule has 1 aromatic heterocycles. The average molecular weight is 901 g/mol. The molecule has 6 atom stereocenters. The number of nitrogens with zero attached hydrogens (tertiary/aromatic N) is 5. The summed E-state index contributed by atoms with van der Waals surface area (Å²) in [5, 5.41) is 10.2. The fraction of sp³-hybridized carbons (Fsp3) is 0.396. The van der Waals surface area contributed by atoms with Crippen molar-refractivity contribution in [3.8, 4) is 11.1 Å². The molecule has 5 amide bonds. The summed E-state index contributed by atoms with van der Waals surface area (Å²) < 4.78 is 10.3. The Bertz CT molecular complexity index is 2960. The number of alkyl carbamates (subject to hydrolysis) is 1. The van der Waals surface area contributed by atoms with Crippen LogP contribution in [0.1, 0.15) is 75.0 Å². The van der Waals surface area contributed by atoms with Crippen LogP contribution in [-0.2, 0) is 25.5 Å². The van der Waals surface area contributed by atoms with Crippen LogP contribution in [0.2, 0.25) is 0 Å². The molecule has 6 aromatic rings. The first kappa shape index (κ1) is 42.8. The van der Waals surface area contributed by atoms with Gasteiger partial charge in [0.15, 0.2) is 0 Å². The maximum absolute atomic E-state index is 14.5. The summed E-state index contributed by atoms with van der Waals surface area (Å²) in [4.78, 5) is 73.9. The Kier molecular flexibility index (Phi) is 11.1. The normalized spacial score (nSPS) is 22.1. The van der Waals surface area contributed by atoms with Gasteiger partial charge < -0.3 is 39.8 Å². The summed E-state index contributed by atoms with van der Waals surface area (Å²) >= 11 is 0. The van der Waals surface area contributed by atoms with Gasteiger partial charge in [-0.05, 0) is 107 Å². The number of rotatable bonds is 9. The molecule has 14 heteroatoms. The van der Waals surface area contributed by atoms with Crippen molar-refractivity contribution in [1.29, 1.82) is 0 Å². The second-order valence-corrected chi connectivity index (χ2v) is 19.2. The minimum atomic E-state index is -0.809. The summed E-state index contributed by atoms with van der Waals surface area (Å²) in [6.45, 7) is 6.43. The molecule has 4 fully saturated rings. The number of aliphatic imine (C=N–C) groups is 1. The van der Waals surface area contributed by atoms with Gasteiger partial charge in [0, 0.05) is 43.2 Å². The minimum Gasteiger partial charge on any atom is -0.453 e. The van der Waals surface area contributed by atoms with Gasteiger partial charge in [0.2, 0.25) is 11.8 Å². The highest BCUT2D eigenvalue weighted by Gasteiger charge is 2.51. The molecule has 67 heavy (non-hydrogen) atoms. The van der Waals surface area contributed by atoms with Crippen molar-refractivity contribution in [2.75, 3.05) is 40.0 Å². The Hall–Kier alpha value is -6.80. The number of aromatic amines is 1. The number of hydrogen-bond acceptors (Lipinski definition) is 8. The Balaban J connectivity index is 0.824. The summed E-state index contributed by atoms with van der Waals surface area (Å²) in [5.74, 6) is 0.775. The second-order valence-electron chi connectivity index (χ2n) is 19.2. The van der Waals surface area contributed by atoms with E-state index in [1.54, 1.807) is 4.90 Å². The van der Waals surface area contributed by atoms with Gasteiger partial charge in [-0.25, -0.2) is 14.6 Å². The van der Waals surface area contributed by atoms with E-state index in [-0.39, 0.29) is 41.9 Å². The molecule has 344 valence electrons. The van der Waals surface area contributed by atoms with Crippen molar-refractivity contribution < 1.29 is 28.7 Å². The summed E-state index contributed by atoms with van der Waals surface area (Å²) in [6, 6.07) is 29.1. The molecule has 1 aliphatic carbocycles. The molecule has 0 radical (unpaired) electrons. The first-order valence-corrected chi connectivity index (χ1v) is 23.8. The number of likely N-dealkylation sites (tertiary alicyclic amines) is 2. The molecule has 5 aromatic carbocycles. The van der Waals surface area contributed by atoms with Crippen LogP contribution in [-0.4, -0.2) is 112 Å². The molecule has 1 saturated carbocycles. The van der Waals surface area contributed by atoms with Gasteiger partial charge in [-0.3, -0.25) is 14.6 Å². The number of hydrogen-bond donors (Lipinski definition) is 3. The van der Waals surface area contributed by atoms with Gasteiger partial charge in [0.1, 0.15) is 17.9 Å². The zero-order valence-electron chi connectivity index (χ0n) is 38.2. The average Bonchev–Trinajstić information content (AvgIpc) is 4.23. The SMILES string of the molecule is COC(=O)N[C@H](C(=O)N1[C@@H]2CC[C@@H](C2)[C@H]1c1nc2c(ccc3cc(-c4ccc5c6c(ccc5c4)N=C([C@@H]4CCCN4C(=O)[C@H](NC(=O)N4CCOCC4)c4ccccc4)C6)ccc32)[nH]1)C(C)C. The van der Waals surface area contributed by atoms with Crippen LogP contribution in [0.3, 0.4) is 0 Å². The number of morpholine rings is 1. The zero-order valence-corrected chi connectivity index (χ0v) is 38.2. The van der Waals surface area contributed by atoms with E-state index in [1.807, 2.05) is 54.0 Å². The number of amides is 5. The second kappa shape index (κ2) is 17.4. The van der Waals surface area contributed by atoms with E-state index in [0.717, 1.165) is 98.6 Å². The topological polar surface area (TPSA) is 162 Å². The highest BCUT2D eigenvalue weighted by Crippen LogP contribution is 2.50. The number of benzene rings is 5. The molecule has 0 unspecified atom stereocenters. The van der Waals surface area contributed by atoms with Crippen molar-refractivity contribution in [3.63, 3.8) is 0 Å². The minimum absolute atomic E-state index is 0.0892. The molecule has 0 spiro atoms. The third kappa shape index (κ3) is 7.74. The monoisotopic (exact) mass is 900 g/mol. The van der Waals surface area contributed by atoms with E-state index in [2.05, 4.69) is 76.3 Å². The van der Waals surface area contributed by atoms with Gasteiger partial charge in [0.25, 0.3) is 0 Å². The quantitative estimate of drug-likeness (QED) is 0.131. The number of urea groups is 1. The van der Waals surface area contributed by atoms with Crippen molar-refractivity contribution in [3.05, 3.63) is 108 Å². The van der Waals surface area contributed by atoms with Crippen LogP contribution in [0, 0.1) is 11.8 Å². The number of methoxy groups -OCH3 is 1. The maximum Gasteiger partial charge on any atom is 0.407 e. The van der Waals surface area contributed by atoms with E-state index < -0.39 is 18.2 Å². The first-order chi connectivity index (χ1) is 32.6. The highest BCUT2D eigenvalue weighted by molar-refractivity contribution is 6.08. The predicted molar refractivity (Wildman–Crippen MR) is 257 cm³/mol. The standard InChI is InChI=1S/C53H56N8O6/c1-30(2)45(58-53(65)66-3)51(63)61-37-16-11-36(28-37)48(61)49-55-42-20-15-35-27-33(13-18-39(35)47(42)56-49)32-12-17-38-34(26-32)14-19-41-40(38)29-43(54-41)44-10-7-21-60(44)50(62)46(31-8-5-4-6-9-31)57-52(64)59-22-24-67-25-23-59/h4-6,8-9,12-15,17-20,26-27,30,36-37,44-46,48H,7,10-11,16,21-25,28-29H2,1-3H3,(H,55,56)(H,57,64)(H,58,65)/t36-,37+,44-,45-,46+,48-/m0/s1. The summed E-state index contributed by atoms with van der Waals surface area (Å²) in [5.41, 5.74) is 7.86. The molecule has 5 heterocycles. The number of ether oxygens (including phenoxy) is 2. The van der Waals surface area contributed by atoms with E-state index >= 15 is 0 Å². The number of carbonyl (C=O) groups is 4. The van der Waals surface area contributed by atoms with E-state index in [0.29, 0.717) is 45.2 Å². The number of fused-ring (bicyclic) bond motifs is 8. The third-order valence-electron chi connectivity index (χ3n) is 14.9. The van der Waals surface area contributed by atoms with Crippen molar-refractivity contribution in [2.24, 2.45) is 16.8 Å². The number of aromatic nitrogens is 2. The molecule has 5 aliphatic rings. The van der Waals surface area contributed by atoms with Crippen LogP contribution in [0.4, 0.5) is 15.3 Å². The first-order valence-electron chi connectivity index (χ1n) is 23.8. The van der Waals surface area contributed by atoms with Gasteiger partial charge >= 0.3 is 12.1 Å². The fourth-order valence-corrected chi connectivity index (χ4v) is 11.5. The molecule has 11 rings (SSSR count). The van der Waals surface area contributed by atoms with E-state index in [4.69, 9.17) is 19.5 Å². The van der Waals surface area contributed by atoms with E-state index in [9.17, 15) is 19.2 Å². The van der Waals surface area contributed by atoms with Gasteiger partial charge in [-0.2, -0.15) is 0 Å². The number of piperidine rings is 1. The molecular weight excluding hydrogens is 845 g/mol. The largest absolute Gasteiger partial charge is 0.453 e. The van der Waals surface area contributed by atoms with E-state index in [1.165, 1.54) is 12.7 Å². The zero-order chi connectivity index (χ0) is 45.9. The lowest BCUT2D eigenvalue weighted by Gasteiger charge is -2.37.